The van der Waals surface area contributed by atoms with Crippen molar-refractivity contribution in [3.05, 3.63) is 11.7 Å². The van der Waals surface area contributed by atoms with E-state index >= 15 is 0 Å². The van der Waals surface area contributed by atoms with Gasteiger partial charge < -0.3 is 19.9 Å². The second kappa shape index (κ2) is 7.23. The van der Waals surface area contributed by atoms with Crippen LogP contribution in [-0.4, -0.2) is 42.9 Å². The number of nitrogens with one attached hydrogen (secondary N) is 2. The molecule has 7 heteroatoms. The monoisotopic (exact) mass is 283 g/mol. The van der Waals surface area contributed by atoms with Crippen molar-refractivity contribution in [3.63, 3.8) is 0 Å². The van der Waals surface area contributed by atoms with Crippen molar-refractivity contribution < 1.29 is 9.26 Å². The highest BCUT2D eigenvalue weighted by Crippen LogP contribution is 2.20. The van der Waals surface area contributed by atoms with Crippen LogP contribution in [0.5, 0.6) is 0 Å². The van der Waals surface area contributed by atoms with Crippen LogP contribution in [0.15, 0.2) is 9.52 Å². The zero-order valence-corrected chi connectivity index (χ0v) is 13.1. The van der Waals surface area contributed by atoms with Crippen LogP contribution >= 0.6 is 0 Å². The van der Waals surface area contributed by atoms with Crippen LogP contribution in [0.2, 0.25) is 0 Å². The summed E-state index contributed by atoms with van der Waals surface area (Å²) >= 11 is 0. The summed E-state index contributed by atoms with van der Waals surface area (Å²) in [5.41, 5.74) is 0.0609. The van der Waals surface area contributed by atoms with Crippen LogP contribution in [0.3, 0.4) is 0 Å². The molecule has 20 heavy (non-hydrogen) atoms. The highest BCUT2D eigenvalue weighted by Gasteiger charge is 2.24. The first kappa shape index (κ1) is 16.4. The van der Waals surface area contributed by atoms with Crippen molar-refractivity contribution >= 4 is 5.96 Å². The van der Waals surface area contributed by atoms with Crippen LogP contribution in [0.1, 0.15) is 32.5 Å². The van der Waals surface area contributed by atoms with E-state index in [4.69, 9.17) is 9.26 Å². The topological polar surface area (TPSA) is 84.6 Å². The number of rotatable bonds is 5. The van der Waals surface area contributed by atoms with Crippen molar-refractivity contribution in [2.24, 2.45) is 10.4 Å². The molecule has 0 saturated heterocycles. The summed E-state index contributed by atoms with van der Waals surface area (Å²) in [5.74, 6) is 1.83. The minimum absolute atomic E-state index is 0.0609. The maximum absolute atomic E-state index is 5.49. The van der Waals surface area contributed by atoms with Gasteiger partial charge >= 0.3 is 0 Å². The van der Waals surface area contributed by atoms with E-state index in [1.807, 2.05) is 0 Å². The van der Waals surface area contributed by atoms with Crippen molar-refractivity contribution in [3.8, 4) is 0 Å². The van der Waals surface area contributed by atoms with E-state index in [9.17, 15) is 0 Å². The molecule has 114 valence electrons. The number of aryl methyl sites for hydroxylation is 1. The van der Waals surface area contributed by atoms with E-state index in [0.717, 1.165) is 0 Å². The average molecular weight is 283 g/mol. The molecule has 1 unspecified atom stereocenters. The Morgan fingerprint density at radius 3 is 2.55 bits per heavy atom. The number of hydrogen-bond acceptors (Lipinski definition) is 5. The summed E-state index contributed by atoms with van der Waals surface area (Å²) in [6.07, 6.45) is 0.0912. The van der Waals surface area contributed by atoms with E-state index in [1.54, 1.807) is 21.1 Å². The van der Waals surface area contributed by atoms with Gasteiger partial charge in [-0.25, -0.2) is 0 Å². The number of nitrogens with zero attached hydrogens (tertiary/aromatic N) is 3. The molecule has 0 spiro atoms. The standard InChI is InChI=1S/C13H25N5O2/c1-9-17-11(18-20-9)8-16-12(14-5)15-7-10(19-6)13(2,3)4/h10H,7-8H2,1-6H3,(H2,14,15,16). The fourth-order valence-electron chi connectivity index (χ4n) is 1.73. The number of aliphatic imine (C=N–C) groups is 1. The quantitative estimate of drug-likeness (QED) is 0.622. The van der Waals surface area contributed by atoms with Crippen LogP contribution in [0.25, 0.3) is 0 Å². The largest absolute Gasteiger partial charge is 0.379 e. The van der Waals surface area contributed by atoms with Crippen LogP contribution < -0.4 is 10.6 Å². The molecule has 2 N–H and O–H groups in total. The lowest BCUT2D eigenvalue weighted by Crippen LogP contribution is -2.45. The molecule has 0 bridgehead atoms. The molecule has 1 heterocycles. The predicted octanol–water partition coefficient (Wildman–Crippen LogP) is 1.10. The second-order valence-electron chi connectivity index (χ2n) is 5.63. The molecule has 0 saturated carbocycles. The summed E-state index contributed by atoms with van der Waals surface area (Å²) in [7, 11) is 3.44. The molecule has 1 atom stereocenters. The maximum Gasteiger partial charge on any atom is 0.223 e. The van der Waals surface area contributed by atoms with Gasteiger partial charge in [0.05, 0.1) is 12.6 Å². The molecule has 1 aromatic heterocycles. The van der Waals surface area contributed by atoms with E-state index in [-0.39, 0.29) is 11.5 Å². The van der Waals surface area contributed by atoms with Crippen LogP contribution in [-0.2, 0) is 11.3 Å². The molecule has 0 aliphatic heterocycles. The Balaban J connectivity index is 2.44. The summed E-state index contributed by atoms with van der Waals surface area (Å²) in [5, 5.41) is 10.2. The van der Waals surface area contributed by atoms with Crippen molar-refractivity contribution in [2.45, 2.75) is 40.3 Å². The third-order valence-corrected chi connectivity index (χ3v) is 2.91. The Morgan fingerprint density at radius 2 is 2.10 bits per heavy atom. The van der Waals surface area contributed by atoms with Gasteiger partial charge in [-0.05, 0) is 5.41 Å². The third-order valence-electron chi connectivity index (χ3n) is 2.91. The summed E-state index contributed by atoms with van der Waals surface area (Å²) in [6, 6.07) is 0. The first-order valence-electron chi connectivity index (χ1n) is 6.63. The van der Waals surface area contributed by atoms with Gasteiger partial charge in [-0.3, -0.25) is 4.99 Å². The Morgan fingerprint density at radius 1 is 1.40 bits per heavy atom. The predicted molar refractivity (Wildman–Crippen MR) is 77.5 cm³/mol. The normalized spacial score (nSPS) is 14.2. The smallest absolute Gasteiger partial charge is 0.223 e. The lowest BCUT2D eigenvalue weighted by molar-refractivity contribution is 0.0205. The molecule has 0 radical (unpaired) electrons. The SMILES string of the molecule is CN=C(NCc1noc(C)n1)NCC(OC)C(C)(C)C. The minimum Gasteiger partial charge on any atom is -0.379 e. The number of methoxy groups -OCH3 is 1. The number of guanidine groups is 1. The molecule has 0 fully saturated rings. The molecule has 0 aliphatic rings. The van der Waals surface area contributed by atoms with Crippen molar-refractivity contribution in [2.75, 3.05) is 20.7 Å². The van der Waals surface area contributed by atoms with E-state index in [2.05, 4.69) is 46.5 Å². The maximum atomic E-state index is 5.49. The lowest BCUT2D eigenvalue weighted by atomic mass is 9.89. The molecule has 1 rings (SSSR count). The van der Waals surface area contributed by atoms with Gasteiger partial charge in [0.15, 0.2) is 11.8 Å². The summed E-state index contributed by atoms with van der Waals surface area (Å²) in [6.45, 7) is 9.31. The molecule has 0 aliphatic carbocycles. The van der Waals surface area contributed by atoms with Gasteiger partial charge in [0.25, 0.3) is 0 Å². The summed E-state index contributed by atoms with van der Waals surface area (Å²) in [4.78, 5) is 8.27. The Kier molecular flexibility index (Phi) is 5.94. The first-order valence-corrected chi connectivity index (χ1v) is 6.63. The second-order valence-corrected chi connectivity index (χ2v) is 5.63. The molecule has 0 aromatic carbocycles. The van der Waals surface area contributed by atoms with Gasteiger partial charge in [0.2, 0.25) is 5.89 Å². The Bertz CT molecular complexity index is 436. The minimum atomic E-state index is 0.0609. The molecular weight excluding hydrogens is 258 g/mol. The highest BCUT2D eigenvalue weighted by molar-refractivity contribution is 5.79. The van der Waals surface area contributed by atoms with Crippen molar-refractivity contribution in [1.82, 2.24) is 20.8 Å². The number of aromatic nitrogens is 2. The Hall–Kier alpha value is -1.63. The van der Waals surface area contributed by atoms with Crippen LogP contribution in [0, 0.1) is 12.3 Å². The molecule has 0 amide bonds. The van der Waals surface area contributed by atoms with E-state index in [1.165, 1.54) is 0 Å². The highest BCUT2D eigenvalue weighted by atomic mass is 16.5. The molecular formula is C13H25N5O2. The number of ether oxygens (including phenoxy) is 1. The van der Waals surface area contributed by atoms with Gasteiger partial charge in [0.1, 0.15) is 0 Å². The zero-order valence-electron chi connectivity index (χ0n) is 13.1. The van der Waals surface area contributed by atoms with Gasteiger partial charge in [-0.15, -0.1) is 0 Å². The molecule has 1 aromatic rings. The third kappa shape index (κ3) is 5.16. The van der Waals surface area contributed by atoms with Crippen LogP contribution in [0.4, 0.5) is 0 Å². The lowest BCUT2D eigenvalue weighted by Gasteiger charge is -2.29. The molecule has 7 nitrogen and oxygen atoms in total. The van der Waals surface area contributed by atoms with Crippen molar-refractivity contribution in [1.29, 1.82) is 0 Å². The summed E-state index contributed by atoms with van der Waals surface area (Å²) < 4.78 is 10.4. The van der Waals surface area contributed by atoms with E-state index in [0.29, 0.717) is 30.8 Å². The fraction of sp³-hybridized carbons (Fsp3) is 0.769. The number of hydrogen-bond donors (Lipinski definition) is 2. The fourth-order valence-corrected chi connectivity index (χ4v) is 1.73. The van der Waals surface area contributed by atoms with Gasteiger partial charge in [0, 0.05) is 27.6 Å². The Labute approximate surface area is 120 Å². The zero-order chi connectivity index (χ0) is 15.2. The van der Waals surface area contributed by atoms with Gasteiger partial charge in [-0.2, -0.15) is 4.98 Å². The first-order chi connectivity index (χ1) is 9.36. The van der Waals surface area contributed by atoms with E-state index < -0.39 is 0 Å². The van der Waals surface area contributed by atoms with Gasteiger partial charge in [-0.1, -0.05) is 25.9 Å². The average Bonchev–Trinajstić information content (AvgIpc) is 2.78.